The van der Waals surface area contributed by atoms with Crippen LogP contribution >= 0.6 is 23.4 Å². The highest BCUT2D eigenvalue weighted by atomic mass is 35.5. The maximum atomic E-state index is 12.7. The number of carbonyl (C=O) groups is 1. The molecule has 1 heterocycles. The second kappa shape index (κ2) is 8.38. The van der Waals surface area contributed by atoms with E-state index in [0.29, 0.717) is 16.7 Å². The molecule has 1 aromatic heterocycles. The third-order valence-corrected chi connectivity index (χ3v) is 5.15. The molecule has 1 atom stereocenters. The highest BCUT2D eigenvalue weighted by Gasteiger charge is 2.21. The van der Waals surface area contributed by atoms with Crippen molar-refractivity contribution in [3.8, 4) is 5.69 Å². The molecule has 0 aliphatic carbocycles. The van der Waals surface area contributed by atoms with Gasteiger partial charge in [0.15, 0.2) is 5.16 Å². The summed E-state index contributed by atoms with van der Waals surface area (Å²) in [6.07, 6.45) is 1.62. The molecular weight excluding hydrogens is 368 g/mol. The van der Waals surface area contributed by atoms with Crippen molar-refractivity contribution in [2.75, 3.05) is 7.05 Å². The van der Waals surface area contributed by atoms with Crippen LogP contribution in [0.1, 0.15) is 12.5 Å². The second-order valence-electron chi connectivity index (χ2n) is 5.90. The van der Waals surface area contributed by atoms with Crippen LogP contribution in [0, 0.1) is 0 Å². The highest BCUT2D eigenvalue weighted by molar-refractivity contribution is 8.00. The normalized spacial score (nSPS) is 12.0. The van der Waals surface area contributed by atoms with Gasteiger partial charge in [-0.2, -0.15) is 0 Å². The molecule has 0 bridgehead atoms. The molecule has 3 aromatic rings. The van der Waals surface area contributed by atoms with E-state index in [-0.39, 0.29) is 11.2 Å². The van der Waals surface area contributed by atoms with Crippen molar-refractivity contribution < 1.29 is 4.79 Å². The van der Waals surface area contributed by atoms with Crippen molar-refractivity contribution >= 4 is 29.3 Å². The lowest BCUT2D eigenvalue weighted by atomic mass is 10.2. The van der Waals surface area contributed by atoms with Gasteiger partial charge in [0.25, 0.3) is 0 Å². The van der Waals surface area contributed by atoms with Crippen LogP contribution in [0.5, 0.6) is 0 Å². The number of carbonyl (C=O) groups excluding carboxylic acids is 1. The van der Waals surface area contributed by atoms with Gasteiger partial charge in [-0.05, 0) is 30.7 Å². The Morgan fingerprint density at radius 3 is 2.73 bits per heavy atom. The third kappa shape index (κ3) is 4.45. The number of halogens is 1. The fourth-order valence-corrected chi connectivity index (χ4v) is 3.70. The van der Waals surface area contributed by atoms with Gasteiger partial charge in [0, 0.05) is 18.6 Å². The van der Waals surface area contributed by atoms with Crippen molar-refractivity contribution in [3.63, 3.8) is 0 Å². The Balaban J connectivity index is 1.69. The summed E-state index contributed by atoms with van der Waals surface area (Å²) >= 11 is 7.45. The van der Waals surface area contributed by atoms with Crippen molar-refractivity contribution in [1.82, 2.24) is 19.7 Å². The maximum absolute atomic E-state index is 12.7. The first-order valence-electron chi connectivity index (χ1n) is 8.16. The van der Waals surface area contributed by atoms with Crippen molar-refractivity contribution in [2.24, 2.45) is 0 Å². The molecule has 0 spiro atoms. The molecule has 0 saturated heterocycles. The summed E-state index contributed by atoms with van der Waals surface area (Å²) in [5, 5.41) is 9.13. The Kier molecular flexibility index (Phi) is 5.96. The quantitative estimate of drug-likeness (QED) is 0.599. The van der Waals surface area contributed by atoms with E-state index in [2.05, 4.69) is 10.2 Å². The molecule has 1 amide bonds. The van der Waals surface area contributed by atoms with E-state index in [0.717, 1.165) is 11.3 Å². The first kappa shape index (κ1) is 18.5. The van der Waals surface area contributed by atoms with Gasteiger partial charge in [-0.25, -0.2) is 0 Å². The van der Waals surface area contributed by atoms with Gasteiger partial charge in [0.1, 0.15) is 6.33 Å². The van der Waals surface area contributed by atoms with Crippen LogP contribution in [0.3, 0.4) is 0 Å². The summed E-state index contributed by atoms with van der Waals surface area (Å²) in [4.78, 5) is 14.4. The zero-order valence-corrected chi connectivity index (χ0v) is 16.1. The molecule has 5 nitrogen and oxygen atoms in total. The molecule has 2 aromatic carbocycles. The van der Waals surface area contributed by atoms with Gasteiger partial charge in [0.2, 0.25) is 5.91 Å². The zero-order valence-electron chi connectivity index (χ0n) is 14.5. The fraction of sp³-hybridized carbons (Fsp3) is 0.211. The smallest absolute Gasteiger partial charge is 0.235 e. The minimum Gasteiger partial charge on any atom is -0.340 e. The third-order valence-electron chi connectivity index (χ3n) is 3.87. The highest BCUT2D eigenvalue weighted by Crippen LogP contribution is 2.26. The van der Waals surface area contributed by atoms with E-state index in [1.54, 1.807) is 11.2 Å². The van der Waals surface area contributed by atoms with Gasteiger partial charge in [-0.1, -0.05) is 59.8 Å². The minimum absolute atomic E-state index is 0.0412. The predicted octanol–water partition coefficient (Wildman–Crippen LogP) is 4.06. The summed E-state index contributed by atoms with van der Waals surface area (Å²) < 4.78 is 1.83. The summed E-state index contributed by atoms with van der Waals surface area (Å²) in [6, 6.07) is 17.4. The van der Waals surface area contributed by atoms with Crippen LogP contribution in [0.4, 0.5) is 0 Å². The molecule has 0 radical (unpaired) electrons. The first-order valence-corrected chi connectivity index (χ1v) is 9.42. The van der Waals surface area contributed by atoms with E-state index in [1.165, 1.54) is 11.8 Å². The Hall–Kier alpha value is -2.31. The average molecular weight is 387 g/mol. The summed E-state index contributed by atoms with van der Waals surface area (Å²) in [7, 11) is 1.81. The van der Waals surface area contributed by atoms with Crippen molar-refractivity contribution in [1.29, 1.82) is 0 Å². The van der Waals surface area contributed by atoms with E-state index in [9.17, 15) is 4.79 Å². The molecular formula is C19H19ClN4OS. The summed E-state index contributed by atoms with van der Waals surface area (Å²) in [6.45, 7) is 2.46. The van der Waals surface area contributed by atoms with Crippen LogP contribution in [0.25, 0.3) is 5.69 Å². The monoisotopic (exact) mass is 386 g/mol. The van der Waals surface area contributed by atoms with Crippen LogP contribution in [0.2, 0.25) is 5.02 Å². The topological polar surface area (TPSA) is 51.0 Å². The molecule has 0 saturated carbocycles. The largest absolute Gasteiger partial charge is 0.340 e. The minimum atomic E-state index is -0.286. The number of nitrogens with zero attached hydrogens (tertiary/aromatic N) is 4. The van der Waals surface area contributed by atoms with Gasteiger partial charge >= 0.3 is 0 Å². The summed E-state index contributed by atoms with van der Waals surface area (Å²) in [5.41, 5.74) is 1.96. The van der Waals surface area contributed by atoms with Crippen molar-refractivity contribution in [2.45, 2.75) is 23.9 Å². The number of rotatable bonds is 6. The van der Waals surface area contributed by atoms with Crippen LogP contribution in [0.15, 0.2) is 66.1 Å². The van der Waals surface area contributed by atoms with Gasteiger partial charge in [0.05, 0.1) is 10.9 Å². The lowest BCUT2D eigenvalue weighted by Gasteiger charge is -2.21. The van der Waals surface area contributed by atoms with Gasteiger partial charge < -0.3 is 4.90 Å². The average Bonchev–Trinajstić information content (AvgIpc) is 3.10. The molecule has 0 aliphatic rings. The lowest BCUT2D eigenvalue weighted by Crippen LogP contribution is -2.32. The van der Waals surface area contributed by atoms with Gasteiger partial charge in [-0.15, -0.1) is 10.2 Å². The van der Waals surface area contributed by atoms with Gasteiger partial charge in [-0.3, -0.25) is 9.36 Å². The van der Waals surface area contributed by atoms with E-state index in [4.69, 9.17) is 11.6 Å². The number of aromatic nitrogens is 3. The molecule has 0 unspecified atom stereocenters. The lowest BCUT2D eigenvalue weighted by molar-refractivity contribution is -0.129. The molecule has 0 aliphatic heterocycles. The Morgan fingerprint density at radius 1 is 1.23 bits per heavy atom. The standard InChI is InChI=1S/C19H19ClN4OS/c1-14(18(25)23(2)12-15-7-4-3-5-8-15)26-19-22-21-13-24(19)17-10-6-9-16(20)11-17/h3-11,13-14H,12H2,1-2H3/t14-/m0/s1. The number of benzene rings is 2. The molecule has 3 rings (SSSR count). The maximum Gasteiger partial charge on any atom is 0.235 e. The number of hydrogen-bond donors (Lipinski definition) is 0. The SMILES string of the molecule is C[C@H](Sc1nncn1-c1cccc(Cl)c1)C(=O)N(C)Cc1ccccc1. The Labute approximate surface area is 162 Å². The van der Waals surface area contributed by atoms with E-state index in [1.807, 2.05) is 73.1 Å². The number of amides is 1. The van der Waals surface area contributed by atoms with E-state index < -0.39 is 0 Å². The molecule has 0 N–H and O–H groups in total. The number of hydrogen-bond acceptors (Lipinski definition) is 4. The summed E-state index contributed by atoms with van der Waals surface area (Å²) in [5.74, 6) is 0.0412. The molecule has 0 fully saturated rings. The van der Waals surface area contributed by atoms with E-state index >= 15 is 0 Å². The van der Waals surface area contributed by atoms with Crippen LogP contribution in [-0.2, 0) is 11.3 Å². The second-order valence-corrected chi connectivity index (χ2v) is 7.65. The first-order chi connectivity index (χ1) is 12.5. The zero-order chi connectivity index (χ0) is 18.5. The van der Waals surface area contributed by atoms with Crippen LogP contribution < -0.4 is 0 Å². The number of thioether (sulfide) groups is 1. The van der Waals surface area contributed by atoms with Crippen molar-refractivity contribution in [3.05, 3.63) is 71.5 Å². The molecule has 7 heteroatoms. The predicted molar refractivity (Wildman–Crippen MR) is 105 cm³/mol. The Bertz CT molecular complexity index is 884. The molecule has 26 heavy (non-hydrogen) atoms. The molecule has 134 valence electrons. The fourth-order valence-electron chi connectivity index (χ4n) is 2.56. The Morgan fingerprint density at radius 2 is 2.00 bits per heavy atom. The van der Waals surface area contributed by atoms with Crippen LogP contribution in [-0.4, -0.2) is 37.9 Å².